The summed E-state index contributed by atoms with van der Waals surface area (Å²) in [5, 5.41) is 9.29. The fourth-order valence-electron chi connectivity index (χ4n) is 4.03. The highest BCUT2D eigenvalue weighted by molar-refractivity contribution is 5.70. The van der Waals surface area contributed by atoms with Crippen molar-refractivity contribution in [1.82, 2.24) is 9.97 Å². The van der Waals surface area contributed by atoms with E-state index in [0.717, 1.165) is 23.2 Å². The maximum absolute atomic E-state index is 9.29. The van der Waals surface area contributed by atoms with Crippen molar-refractivity contribution < 1.29 is 0 Å². The molecule has 0 amide bonds. The van der Waals surface area contributed by atoms with Crippen LogP contribution in [0.4, 0.5) is 0 Å². The van der Waals surface area contributed by atoms with E-state index in [2.05, 4.69) is 54.3 Å². The molecule has 2 aromatic heterocycles. The molecule has 0 saturated carbocycles. The number of H-pyrrole nitrogens is 1. The first-order valence-electron chi connectivity index (χ1n) is 9.47. The number of rotatable bonds is 3. The van der Waals surface area contributed by atoms with Crippen molar-refractivity contribution in [1.29, 1.82) is 5.26 Å². The monoisotopic (exact) mass is 353 g/mol. The van der Waals surface area contributed by atoms with Crippen LogP contribution in [0.15, 0.2) is 60.9 Å². The molecule has 0 bridgehead atoms. The van der Waals surface area contributed by atoms with Crippen molar-refractivity contribution in [3.05, 3.63) is 83.4 Å². The molecular formula is C24H23N3. The molecule has 1 N–H and O–H groups in total. The topological polar surface area (TPSA) is 52.5 Å². The van der Waals surface area contributed by atoms with Crippen molar-refractivity contribution in [2.75, 3.05) is 0 Å². The number of hydrogen-bond acceptors (Lipinski definition) is 2. The molecule has 4 rings (SSSR count). The molecule has 3 heteroatoms. The predicted molar refractivity (Wildman–Crippen MR) is 109 cm³/mol. The molecule has 27 heavy (non-hydrogen) atoms. The van der Waals surface area contributed by atoms with E-state index < -0.39 is 0 Å². The summed E-state index contributed by atoms with van der Waals surface area (Å²) in [6.07, 6.45) is 9.44. The van der Waals surface area contributed by atoms with Gasteiger partial charge in [-0.2, -0.15) is 5.26 Å². The summed E-state index contributed by atoms with van der Waals surface area (Å²) in [5.74, 6) is 1.67. The van der Waals surface area contributed by atoms with Gasteiger partial charge in [0, 0.05) is 35.1 Å². The van der Waals surface area contributed by atoms with Crippen LogP contribution < -0.4 is 0 Å². The van der Waals surface area contributed by atoms with Crippen molar-refractivity contribution in [2.24, 2.45) is 11.8 Å². The Morgan fingerprint density at radius 1 is 1.15 bits per heavy atom. The highest BCUT2D eigenvalue weighted by Crippen LogP contribution is 2.40. The van der Waals surface area contributed by atoms with Crippen LogP contribution in [0, 0.1) is 23.2 Å². The van der Waals surface area contributed by atoms with Crippen LogP contribution in [0.25, 0.3) is 17.2 Å². The van der Waals surface area contributed by atoms with Crippen LogP contribution in [0.5, 0.6) is 0 Å². The van der Waals surface area contributed by atoms with Gasteiger partial charge in [0.15, 0.2) is 0 Å². The second-order valence-corrected chi connectivity index (χ2v) is 7.47. The first-order valence-corrected chi connectivity index (χ1v) is 9.47. The summed E-state index contributed by atoms with van der Waals surface area (Å²) in [6, 6.07) is 16.2. The summed E-state index contributed by atoms with van der Waals surface area (Å²) < 4.78 is 0. The van der Waals surface area contributed by atoms with E-state index in [9.17, 15) is 5.26 Å². The molecule has 3 nitrogen and oxygen atoms in total. The number of aromatic nitrogens is 2. The van der Waals surface area contributed by atoms with Crippen LogP contribution in [0.3, 0.4) is 0 Å². The van der Waals surface area contributed by atoms with E-state index >= 15 is 0 Å². The normalized spacial score (nSPS) is 21.7. The smallest absolute Gasteiger partial charge is 0.0998 e. The van der Waals surface area contributed by atoms with Gasteiger partial charge in [-0.15, -0.1) is 0 Å². The minimum atomic E-state index is 0.413. The van der Waals surface area contributed by atoms with Crippen LogP contribution in [-0.4, -0.2) is 9.97 Å². The van der Waals surface area contributed by atoms with Gasteiger partial charge in [-0.25, -0.2) is 0 Å². The molecular weight excluding hydrogens is 330 g/mol. The molecule has 1 aromatic carbocycles. The standard InChI is InChI=1S/C24H23N3/c1-16-13-24-23(11-12-26-24)21(17(16)2)10-9-20-8-7-19(15-27-20)22-6-4-3-5-18(22)14-25/h3-12,15-17,21,26H,13H2,1-2H3/b10-9+/t16-,17+,21-/m0/s1. The SMILES string of the molecule is C[C@H]1[C@H](/C=C/c2ccc(-c3ccccc3C#N)cn2)c2cc[nH]c2C[C@@H]1C. The van der Waals surface area contributed by atoms with Gasteiger partial charge in [0.2, 0.25) is 0 Å². The fraction of sp³-hybridized carbons (Fsp3) is 0.250. The molecule has 1 aliphatic rings. The minimum absolute atomic E-state index is 0.413. The average molecular weight is 353 g/mol. The van der Waals surface area contributed by atoms with Crippen molar-refractivity contribution in [3.8, 4) is 17.2 Å². The van der Waals surface area contributed by atoms with Crippen LogP contribution in [0.1, 0.15) is 42.3 Å². The van der Waals surface area contributed by atoms with E-state index in [0.29, 0.717) is 23.3 Å². The molecule has 0 saturated heterocycles. The number of nitriles is 1. The van der Waals surface area contributed by atoms with E-state index in [-0.39, 0.29) is 0 Å². The molecule has 3 atom stereocenters. The van der Waals surface area contributed by atoms with Gasteiger partial charge in [0.25, 0.3) is 0 Å². The molecule has 1 aliphatic carbocycles. The summed E-state index contributed by atoms with van der Waals surface area (Å²) in [6.45, 7) is 4.67. The van der Waals surface area contributed by atoms with Crippen molar-refractivity contribution >= 4 is 6.08 Å². The van der Waals surface area contributed by atoms with Crippen molar-refractivity contribution in [3.63, 3.8) is 0 Å². The first-order chi connectivity index (χ1) is 13.2. The van der Waals surface area contributed by atoms with Gasteiger partial charge >= 0.3 is 0 Å². The zero-order valence-corrected chi connectivity index (χ0v) is 15.7. The lowest BCUT2D eigenvalue weighted by Crippen LogP contribution is -2.24. The van der Waals surface area contributed by atoms with Gasteiger partial charge in [-0.05, 0) is 48.1 Å². The minimum Gasteiger partial charge on any atom is -0.365 e. The maximum atomic E-state index is 9.29. The number of benzene rings is 1. The Hall–Kier alpha value is -3.12. The number of aromatic amines is 1. The van der Waals surface area contributed by atoms with Gasteiger partial charge in [0.1, 0.15) is 0 Å². The molecule has 0 aliphatic heterocycles. The number of pyridine rings is 1. The van der Waals surface area contributed by atoms with Crippen molar-refractivity contribution in [2.45, 2.75) is 26.2 Å². The Morgan fingerprint density at radius 3 is 2.78 bits per heavy atom. The maximum Gasteiger partial charge on any atom is 0.0998 e. The summed E-state index contributed by atoms with van der Waals surface area (Å²) in [4.78, 5) is 8.00. The molecule has 134 valence electrons. The number of nitrogens with one attached hydrogen (secondary N) is 1. The fourth-order valence-corrected chi connectivity index (χ4v) is 4.03. The van der Waals surface area contributed by atoms with Gasteiger partial charge in [0.05, 0.1) is 17.3 Å². The van der Waals surface area contributed by atoms with Crippen LogP contribution in [-0.2, 0) is 6.42 Å². The quantitative estimate of drug-likeness (QED) is 0.669. The van der Waals surface area contributed by atoms with Gasteiger partial charge in [-0.3, -0.25) is 4.98 Å². The molecule has 0 fully saturated rings. The van der Waals surface area contributed by atoms with Crippen LogP contribution >= 0.6 is 0 Å². The second-order valence-electron chi connectivity index (χ2n) is 7.47. The summed E-state index contributed by atoms with van der Waals surface area (Å²) in [5.41, 5.74) is 6.29. The van der Waals surface area contributed by atoms with E-state index in [1.807, 2.05) is 42.6 Å². The lowest BCUT2D eigenvalue weighted by atomic mass is 9.72. The summed E-state index contributed by atoms with van der Waals surface area (Å²) >= 11 is 0. The zero-order valence-electron chi connectivity index (χ0n) is 15.7. The number of nitrogens with zero attached hydrogens (tertiary/aromatic N) is 2. The lowest BCUT2D eigenvalue weighted by Gasteiger charge is -2.32. The van der Waals surface area contributed by atoms with Gasteiger partial charge in [-0.1, -0.05) is 44.2 Å². The third-order valence-corrected chi connectivity index (χ3v) is 5.84. The highest BCUT2D eigenvalue weighted by Gasteiger charge is 2.30. The average Bonchev–Trinajstić information content (AvgIpc) is 3.16. The van der Waals surface area contributed by atoms with E-state index in [1.54, 1.807) is 0 Å². The molecule has 0 radical (unpaired) electrons. The Labute approximate surface area is 160 Å². The third kappa shape index (κ3) is 3.31. The first kappa shape index (κ1) is 17.3. The van der Waals surface area contributed by atoms with E-state index in [1.165, 1.54) is 11.3 Å². The Balaban J connectivity index is 1.58. The largest absolute Gasteiger partial charge is 0.365 e. The number of hydrogen-bond donors (Lipinski definition) is 1. The predicted octanol–water partition coefficient (Wildman–Crippen LogP) is 5.57. The van der Waals surface area contributed by atoms with Crippen LogP contribution in [0.2, 0.25) is 0 Å². The highest BCUT2D eigenvalue weighted by atomic mass is 14.7. The molecule has 0 unspecified atom stereocenters. The molecule has 3 aromatic rings. The number of allylic oxidation sites excluding steroid dienone is 1. The van der Waals surface area contributed by atoms with Gasteiger partial charge < -0.3 is 4.98 Å². The number of fused-ring (bicyclic) bond motifs is 1. The summed E-state index contributed by atoms with van der Waals surface area (Å²) in [7, 11) is 0. The zero-order chi connectivity index (χ0) is 18.8. The molecule has 2 heterocycles. The molecule has 0 spiro atoms. The Morgan fingerprint density at radius 2 is 2.00 bits per heavy atom. The second kappa shape index (κ2) is 7.25. The Bertz CT molecular complexity index is 1000. The third-order valence-electron chi connectivity index (χ3n) is 5.84. The Kier molecular flexibility index (Phi) is 4.64. The van der Waals surface area contributed by atoms with E-state index in [4.69, 9.17) is 0 Å². The lowest BCUT2D eigenvalue weighted by molar-refractivity contribution is 0.330.